The van der Waals surface area contributed by atoms with Gasteiger partial charge in [0.2, 0.25) is 0 Å². The maximum atomic E-state index is 12.0. The Morgan fingerprint density at radius 1 is 0.707 bits per heavy atom. The summed E-state index contributed by atoms with van der Waals surface area (Å²) in [5, 5.41) is 9.62. The second-order valence-corrected chi connectivity index (χ2v) is 12.0. The standard InChI is InChI=1S/C36H56O5/c1-5-7-8-17-28-39-33-26-24-32(25-27-33)34(41-38)31-22-20-30(21-23-31)19-16-14-12-10-9-11-13-15-18-29-40-35(37)36(3,4)6-2/h20-27,34,38H,5-19,28-29H2,1-4H3. The average molecular weight is 569 g/mol. The van der Waals surface area contributed by atoms with Gasteiger partial charge in [0.25, 0.3) is 0 Å². The number of benzene rings is 2. The molecular formula is C36H56O5. The number of ether oxygens (including phenoxy) is 2. The lowest BCUT2D eigenvalue weighted by atomic mass is 9.91. The first-order valence-electron chi connectivity index (χ1n) is 16.2. The fourth-order valence-corrected chi connectivity index (χ4v) is 4.80. The van der Waals surface area contributed by atoms with Gasteiger partial charge in [-0.15, -0.1) is 0 Å². The van der Waals surface area contributed by atoms with Crippen molar-refractivity contribution < 1.29 is 24.4 Å². The van der Waals surface area contributed by atoms with E-state index in [1.54, 1.807) is 0 Å². The van der Waals surface area contributed by atoms with Crippen LogP contribution < -0.4 is 4.74 Å². The van der Waals surface area contributed by atoms with Crippen molar-refractivity contribution in [1.82, 2.24) is 0 Å². The van der Waals surface area contributed by atoms with E-state index in [1.165, 1.54) is 69.8 Å². The van der Waals surface area contributed by atoms with Gasteiger partial charge in [-0.2, -0.15) is 0 Å². The normalized spacial score (nSPS) is 12.3. The molecule has 0 spiro atoms. The summed E-state index contributed by atoms with van der Waals surface area (Å²) in [6.45, 7) is 9.42. The highest BCUT2D eigenvalue weighted by Crippen LogP contribution is 2.28. The summed E-state index contributed by atoms with van der Waals surface area (Å²) in [4.78, 5) is 16.8. The predicted octanol–water partition coefficient (Wildman–Crippen LogP) is 10.3. The van der Waals surface area contributed by atoms with E-state index in [0.29, 0.717) is 6.61 Å². The summed E-state index contributed by atoms with van der Waals surface area (Å²) in [6.07, 6.45) is 17.0. The number of hydrogen-bond acceptors (Lipinski definition) is 5. The van der Waals surface area contributed by atoms with Crippen LogP contribution in [-0.2, 0) is 20.8 Å². The molecule has 2 aromatic rings. The van der Waals surface area contributed by atoms with Gasteiger partial charge in [0.1, 0.15) is 11.9 Å². The third-order valence-corrected chi connectivity index (χ3v) is 8.12. The van der Waals surface area contributed by atoms with Gasteiger partial charge in [0, 0.05) is 0 Å². The molecule has 0 saturated carbocycles. The van der Waals surface area contributed by atoms with Crippen molar-refractivity contribution in [2.45, 2.75) is 130 Å². The smallest absolute Gasteiger partial charge is 0.311 e. The molecule has 1 atom stereocenters. The molecule has 0 amide bonds. The lowest BCUT2D eigenvalue weighted by molar-refractivity contribution is -0.270. The maximum Gasteiger partial charge on any atom is 0.311 e. The van der Waals surface area contributed by atoms with Crippen molar-refractivity contribution in [1.29, 1.82) is 0 Å². The highest BCUT2D eigenvalue weighted by atomic mass is 17.1. The molecule has 5 heteroatoms. The minimum absolute atomic E-state index is 0.0700. The van der Waals surface area contributed by atoms with Crippen LogP contribution in [0.5, 0.6) is 5.75 Å². The van der Waals surface area contributed by atoms with Crippen LogP contribution in [-0.4, -0.2) is 24.4 Å². The van der Waals surface area contributed by atoms with Crippen molar-refractivity contribution in [2.75, 3.05) is 13.2 Å². The molecule has 0 bridgehead atoms. The Balaban J connectivity index is 1.56. The Morgan fingerprint density at radius 2 is 1.22 bits per heavy atom. The summed E-state index contributed by atoms with van der Waals surface area (Å²) < 4.78 is 11.2. The minimum atomic E-state index is -0.508. The topological polar surface area (TPSA) is 65.0 Å². The molecule has 2 aromatic carbocycles. The van der Waals surface area contributed by atoms with Gasteiger partial charge in [0.15, 0.2) is 0 Å². The monoisotopic (exact) mass is 568 g/mol. The zero-order chi connectivity index (χ0) is 29.8. The molecule has 5 nitrogen and oxygen atoms in total. The Hall–Kier alpha value is -2.37. The average Bonchev–Trinajstić information content (AvgIpc) is 2.99. The second kappa shape index (κ2) is 20.5. The third-order valence-electron chi connectivity index (χ3n) is 8.12. The Morgan fingerprint density at radius 3 is 1.78 bits per heavy atom. The zero-order valence-electron chi connectivity index (χ0n) is 26.3. The van der Waals surface area contributed by atoms with Crippen LogP contribution in [0.2, 0.25) is 0 Å². The summed E-state index contributed by atoms with van der Waals surface area (Å²) in [6, 6.07) is 16.2. The zero-order valence-corrected chi connectivity index (χ0v) is 26.3. The first kappa shape index (κ1) is 34.8. The fraction of sp³-hybridized carbons (Fsp3) is 0.639. The molecule has 41 heavy (non-hydrogen) atoms. The summed E-state index contributed by atoms with van der Waals surface area (Å²) in [5.74, 6) is 0.781. The molecule has 1 N–H and O–H groups in total. The molecule has 0 aliphatic carbocycles. The van der Waals surface area contributed by atoms with Gasteiger partial charge in [-0.1, -0.05) is 114 Å². The number of unbranched alkanes of at least 4 members (excludes halogenated alkanes) is 11. The first-order chi connectivity index (χ1) is 19.9. The molecule has 0 radical (unpaired) electrons. The van der Waals surface area contributed by atoms with Crippen LogP contribution in [0.4, 0.5) is 0 Å². The molecule has 0 aliphatic rings. The number of carbonyl (C=O) groups excluding carboxylic acids is 1. The number of carbonyl (C=O) groups is 1. The Kier molecular flexibility index (Phi) is 17.4. The fourth-order valence-electron chi connectivity index (χ4n) is 4.80. The van der Waals surface area contributed by atoms with E-state index >= 15 is 0 Å². The van der Waals surface area contributed by atoms with Crippen LogP contribution in [0.25, 0.3) is 0 Å². The quantitative estimate of drug-likeness (QED) is 0.0625. The van der Waals surface area contributed by atoms with E-state index in [1.807, 2.05) is 45.0 Å². The molecule has 0 aromatic heterocycles. The lowest BCUT2D eigenvalue weighted by Gasteiger charge is -2.20. The molecule has 0 fully saturated rings. The molecule has 2 rings (SSSR count). The molecule has 0 heterocycles. The van der Waals surface area contributed by atoms with Crippen molar-refractivity contribution >= 4 is 5.97 Å². The highest BCUT2D eigenvalue weighted by Gasteiger charge is 2.26. The van der Waals surface area contributed by atoms with Gasteiger partial charge in [0.05, 0.1) is 18.6 Å². The van der Waals surface area contributed by atoms with Gasteiger partial charge in [-0.05, 0) is 74.8 Å². The maximum absolute atomic E-state index is 12.0. The van der Waals surface area contributed by atoms with Crippen LogP contribution in [0.3, 0.4) is 0 Å². The molecular weight excluding hydrogens is 512 g/mol. The van der Waals surface area contributed by atoms with E-state index < -0.39 is 6.10 Å². The predicted molar refractivity (Wildman–Crippen MR) is 168 cm³/mol. The van der Waals surface area contributed by atoms with Gasteiger partial charge >= 0.3 is 5.97 Å². The van der Waals surface area contributed by atoms with E-state index in [-0.39, 0.29) is 11.4 Å². The number of aryl methyl sites for hydroxylation is 1. The number of hydrogen-bond donors (Lipinski definition) is 1. The van der Waals surface area contributed by atoms with E-state index in [0.717, 1.165) is 55.6 Å². The van der Waals surface area contributed by atoms with Crippen LogP contribution in [0.15, 0.2) is 48.5 Å². The molecule has 1 unspecified atom stereocenters. The minimum Gasteiger partial charge on any atom is -0.494 e. The SMILES string of the molecule is CCCCCCOc1ccc(C(OO)c2ccc(CCCCCCCCCCCOC(=O)C(C)(C)CC)cc2)cc1. The van der Waals surface area contributed by atoms with Gasteiger partial charge in [-0.25, -0.2) is 4.89 Å². The third kappa shape index (κ3) is 13.9. The Bertz CT molecular complexity index is 935. The number of rotatable bonds is 23. The van der Waals surface area contributed by atoms with Gasteiger partial charge in [-0.3, -0.25) is 10.1 Å². The largest absolute Gasteiger partial charge is 0.494 e. The summed E-state index contributed by atoms with van der Waals surface area (Å²) in [7, 11) is 0. The van der Waals surface area contributed by atoms with Crippen molar-refractivity contribution in [3.63, 3.8) is 0 Å². The van der Waals surface area contributed by atoms with Crippen molar-refractivity contribution in [3.05, 3.63) is 65.2 Å². The van der Waals surface area contributed by atoms with Crippen LogP contribution in [0.1, 0.15) is 140 Å². The Labute approximate surface area is 249 Å². The van der Waals surface area contributed by atoms with Crippen LogP contribution >= 0.6 is 0 Å². The summed E-state index contributed by atoms with van der Waals surface area (Å²) in [5.41, 5.74) is 2.79. The van der Waals surface area contributed by atoms with Crippen LogP contribution in [0, 0.1) is 5.41 Å². The van der Waals surface area contributed by atoms with E-state index in [9.17, 15) is 10.1 Å². The van der Waals surface area contributed by atoms with E-state index in [2.05, 4.69) is 31.2 Å². The van der Waals surface area contributed by atoms with Gasteiger partial charge < -0.3 is 9.47 Å². The molecule has 0 saturated heterocycles. The summed E-state index contributed by atoms with van der Waals surface area (Å²) >= 11 is 0. The van der Waals surface area contributed by atoms with E-state index in [4.69, 9.17) is 14.4 Å². The lowest BCUT2D eigenvalue weighted by Crippen LogP contribution is -2.26. The highest BCUT2D eigenvalue weighted by molar-refractivity contribution is 5.75. The first-order valence-corrected chi connectivity index (χ1v) is 16.2. The van der Waals surface area contributed by atoms with Crippen molar-refractivity contribution in [3.8, 4) is 5.75 Å². The number of esters is 1. The molecule has 230 valence electrons. The van der Waals surface area contributed by atoms with Crippen molar-refractivity contribution in [2.24, 2.45) is 5.41 Å². The second-order valence-electron chi connectivity index (χ2n) is 12.0. The molecule has 0 aliphatic heterocycles.